The van der Waals surface area contributed by atoms with Crippen LogP contribution in [0.1, 0.15) is 46.7 Å². The molecule has 1 aromatic carbocycles. The number of piperazine rings is 1. The SMILES string of the molecule is Cc1nc(COc2cccc(C(=O)N3CCN(C4CCCC4)CC3)c2)cs1. The Bertz CT molecular complexity index is 777. The van der Waals surface area contributed by atoms with Crippen molar-refractivity contribution in [3.63, 3.8) is 0 Å². The van der Waals surface area contributed by atoms with Crippen molar-refractivity contribution >= 4 is 17.2 Å². The molecule has 0 unspecified atom stereocenters. The first-order valence-electron chi connectivity index (χ1n) is 9.86. The van der Waals surface area contributed by atoms with Crippen LogP contribution in [0.3, 0.4) is 0 Å². The van der Waals surface area contributed by atoms with Crippen molar-refractivity contribution in [3.05, 3.63) is 45.9 Å². The van der Waals surface area contributed by atoms with Crippen molar-refractivity contribution in [2.24, 2.45) is 0 Å². The number of aromatic nitrogens is 1. The van der Waals surface area contributed by atoms with Gasteiger partial charge in [-0.3, -0.25) is 9.69 Å². The summed E-state index contributed by atoms with van der Waals surface area (Å²) in [5, 5.41) is 3.04. The van der Waals surface area contributed by atoms with Crippen LogP contribution in [0.25, 0.3) is 0 Å². The largest absolute Gasteiger partial charge is 0.487 e. The fraction of sp³-hybridized carbons (Fsp3) is 0.524. The van der Waals surface area contributed by atoms with Crippen LogP contribution in [-0.2, 0) is 6.61 Å². The first-order chi connectivity index (χ1) is 13.2. The highest BCUT2D eigenvalue weighted by Gasteiger charge is 2.28. The number of aryl methyl sites for hydroxylation is 1. The molecule has 0 spiro atoms. The Kier molecular flexibility index (Phi) is 5.74. The van der Waals surface area contributed by atoms with Gasteiger partial charge in [-0.1, -0.05) is 18.9 Å². The normalized spacial score (nSPS) is 18.8. The van der Waals surface area contributed by atoms with Gasteiger partial charge in [0.15, 0.2) is 0 Å². The monoisotopic (exact) mass is 385 g/mol. The first kappa shape index (κ1) is 18.4. The van der Waals surface area contributed by atoms with Crippen molar-refractivity contribution in [2.75, 3.05) is 26.2 Å². The summed E-state index contributed by atoms with van der Waals surface area (Å²) in [4.78, 5) is 21.9. The zero-order valence-electron chi connectivity index (χ0n) is 15.9. The van der Waals surface area contributed by atoms with E-state index in [2.05, 4.69) is 9.88 Å². The van der Waals surface area contributed by atoms with Crippen LogP contribution < -0.4 is 4.74 Å². The van der Waals surface area contributed by atoms with Gasteiger partial charge in [0.2, 0.25) is 0 Å². The predicted octanol–water partition coefficient (Wildman–Crippen LogP) is 3.73. The minimum Gasteiger partial charge on any atom is -0.487 e. The van der Waals surface area contributed by atoms with Crippen LogP contribution in [0.4, 0.5) is 0 Å². The minimum absolute atomic E-state index is 0.107. The van der Waals surface area contributed by atoms with Crippen LogP contribution in [-0.4, -0.2) is 52.9 Å². The molecule has 2 aromatic rings. The molecular weight excluding hydrogens is 358 g/mol. The van der Waals surface area contributed by atoms with Gasteiger partial charge in [0.25, 0.3) is 5.91 Å². The summed E-state index contributed by atoms with van der Waals surface area (Å²) >= 11 is 1.62. The zero-order chi connectivity index (χ0) is 18.6. The third-order valence-electron chi connectivity index (χ3n) is 5.58. The number of amides is 1. The smallest absolute Gasteiger partial charge is 0.254 e. The maximum absolute atomic E-state index is 12.9. The maximum atomic E-state index is 12.9. The summed E-state index contributed by atoms with van der Waals surface area (Å²) < 4.78 is 5.83. The first-order valence-corrected chi connectivity index (χ1v) is 10.7. The summed E-state index contributed by atoms with van der Waals surface area (Å²) in [5.74, 6) is 0.826. The van der Waals surface area contributed by atoms with Gasteiger partial charge < -0.3 is 9.64 Å². The predicted molar refractivity (Wildman–Crippen MR) is 107 cm³/mol. The summed E-state index contributed by atoms with van der Waals surface area (Å²) in [6.45, 7) is 6.05. The Hall–Kier alpha value is -1.92. The molecule has 0 bridgehead atoms. The number of nitrogens with zero attached hydrogens (tertiary/aromatic N) is 3. The van der Waals surface area contributed by atoms with Crippen molar-refractivity contribution in [1.29, 1.82) is 0 Å². The molecule has 1 saturated carbocycles. The molecule has 6 heteroatoms. The molecular formula is C21H27N3O2S. The van der Waals surface area contributed by atoms with Crippen LogP contribution in [0, 0.1) is 6.92 Å². The van der Waals surface area contributed by atoms with E-state index in [1.807, 2.05) is 41.5 Å². The molecule has 2 heterocycles. The van der Waals surface area contributed by atoms with Gasteiger partial charge in [0, 0.05) is 43.2 Å². The number of carbonyl (C=O) groups is 1. The van der Waals surface area contributed by atoms with Gasteiger partial charge >= 0.3 is 0 Å². The van der Waals surface area contributed by atoms with Crippen molar-refractivity contribution < 1.29 is 9.53 Å². The molecule has 1 aliphatic carbocycles. The minimum atomic E-state index is 0.107. The van der Waals surface area contributed by atoms with Gasteiger partial charge in [-0.2, -0.15) is 0 Å². The van der Waals surface area contributed by atoms with Gasteiger partial charge in [-0.05, 0) is 38.0 Å². The Morgan fingerprint density at radius 1 is 1.22 bits per heavy atom. The van der Waals surface area contributed by atoms with E-state index in [1.165, 1.54) is 25.7 Å². The zero-order valence-corrected chi connectivity index (χ0v) is 16.7. The van der Waals surface area contributed by atoms with E-state index in [9.17, 15) is 4.79 Å². The summed E-state index contributed by atoms with van der Waals surface area (Å²) in [6, 6.07) is 8.27. The van der Waals surface area contributed by atoms with E-state index in [-0.39, 0.29) is 5.91 Å². The topological polar surface area (TPSA) is 45.7 Å². The number of hydrogen-bond donors (Lipinski definition) is 0. The van der Waals surface area contributed by atoms with E-state index in [1.54, 1.807) is 11.3 Å². The number of thiazole rings is 1. The highest BCUT2D eigenvalue weighted by molar-refractivity contribution is 7.09. The van der Waals surface area contributed by atoms with Crippen molar-refractivity contribution in [2.45, 2.75) is 45.3 Å². The lowest BCUT2D eigenvalue weighted by molar-refractivity contribution is 0.0573. The lowest BCUT2D eigenvalue weighted by Gasteiger charge is -2.38. The van der Waals surface area contributed by atoms with Crippen molar-refractivity contribution in [3.8, 4) is 5.75 Å². The Morgan fingerprint density at radius 2 is 2.00 bits per heavy atom. The molecule has 4 rings (SSSR count). The molecule has 2 aliphatic rings. The third kappa shape index (κ3) is 4.50. The van der Waals surface area contributed by atoms with Gasteiger partial charge in [-0.15, -0.1) is 11.3 Å². The Morgan fingerprint density at radius 3 is 2.70 bits per heavy atom. The van der Waals surface area contributed by atoms with Crippen LogP contribution in [0.15, 0.2) is 29.6 Å². The second-order valence-corrected chi connectivity index (χ2v) is 8.50. The molecule has 144 valence electrons. The summed E-state index contributed by atoms with van der Waals surface area (Å²) in [7, 11) is 0. The number of ether oxygens (including phenoxy) is 1. The molecule has 2 fully saturated rings. The van der Waals surface area contributed by atoms with Crippen molar-refractivity contribution in [1.82, 2.24) is 14.8 Å². The van der Waals surface area contributed by atoms with E-state index in [4.69, 9.17) is 4.74 Å². The van der Waals surface area contributed by atoms with E-state index in [0.717, 1.165) is 48.7 Å². The van der Waals surface area contributed by atoms with Gasteiger partial charge in [-0.25, -0.2) is 4.98 Å². The Balaban J connectivity index is 1.33. The Labute approximate surface area is 165 Å². The number of hydrogen-bond acceptors (Lipinski definition) is 5. The summed E-state index contributed by atoms with van der Waals surface area (Å²) in [5.41, 5.74) is 1.63. The van der Waals surface area contributed by atoms with Crippen LogP contribution >= 0.6 is 11.3 Å². The third-order valence-corrected chi connectivity index (χ3v) is 6.40. The van der Waals surface area contributed by atoms with Gasteiger partial charge in [0.05, 0.1) is 10.7 Å². The van der Waals surface area contributed by atoms with Crippen LogP contribution in [0.5, 0.6) is 5.75 Å². The fourth-order valence-corrected chi connectivity index (χ4v) is 4.69. The van der Waals surface area contributed by atoms with E-state index in [0.29, 0.717) is 12.2 Å². The molecule has 1 aliphatic heterocycles. The average molecular weight is 386 g/mol. The molecule has 5 nitrogen and oxygen atoms in total. The number of benzene rings is 1. The molecule has 0 radical (unpaired) electrons. The average Bonchev–Trinajstić information content (AvgIpc) is 3.38. The number of carbonyl (C=O) groups excluding carboxylic acids is 1. The standard InChI is InChI=1S/C21H27N3O2S/c1-16-22-18(15-27-16)14-26-20-8-4-5-17(13-20)21(25)24-11-9-23(10-12-24)19-6-2-3-7-19/h4-5,8,13,15,19H,2-3,6-7,9-12,14H2,1H3. The second kappa shape index (κ2) is 8.40. The fourth-order valence-electron chi connectivity index (χ4n) is 4.09. The van der Waals surface area contributed by atoms with E-state index >= 15 is 0 Å². The summed E-state index contributed by atoms with van der Waals surface area (Å²) in [6.07, 6.45) is 5.37. The maximum Gasteiger partial charge on any atom is 0.254 e. The highest BCUT2D eigenvalue weighted by Crippen LogP contribution is 2.25. The quantitative estimate of drug-likeness (QED) is 0.787. The number of rotatable bonds is 5. The lowest BCUT2D eigenvalue weighted by atomic mass is 10.1. The van der Waals surface area contributed by atoms with Gasteiger partial charge in [0.1, 0.15) is 12.4 Å². The molecule has 27 heavy (non-hydrogen) atoms. The lowest BCUT2D eigenvalue weighted by Crippen LogP contribution is -2.51. The molecule has 1 amide bonds. The molecule has 1 aromatic heterocycles. The molecule has 0 atom stereocenters. The second-order valence-electron chi connectivity index (χ2n) is 7.44. The molecule has 0 N–H and O–H groups in total. The van der Waals surface area contributed by atoms with Crippen LogP contribution in [0.2, 0.25) is 0 Å². The highest BCUT2D eigenvalue weighted by atomic mass is 32.1. The molecule has 1 saturated heterocycles. The van der Waals surface area contributed by atoms with E-state index < -0.39 is 0 Å².